The van der Waals surface area contributed by atoms with Crippen LogP contribution in [0.15, 0.2) is 16.6 Å². The van der Waals surface area contributed by atoms with E-state index in [0.29, 0.717) is 0 Å². The van der Waals surface area contributed by atoms with E-state index in [-0.39, 0.29) is 5.91 Å². The van der Waals surface area contributed by atoms with Crippen molar-refractivity contribution in [3.05, 3.63) is 33.3 Å². The Morgan fingerprint density at radius 3 is 2.74 bits per heavy atom. The van der Waals surface area contributed by atoms with Gasteiger partial charge in [0, 0.05) is 23.1 Å². The maximum atomic E-state index is 12.5. The van der Waals surface area contributed by atoms with Crippen LogP contribution in [0.3, 0.4) is 0 Å². The van der Waals surface area contributed by atoms with Gasteiger partial charge in [-0.15, -0.1) is 0 Å². The van der Waals surface area contributed by atoms with Gasteiger partial charge >= 0.3 is 0 Å². The fraction of sp³-hybridized carbons (Fsp3) is 0.562. The van der Waals surface area contributed by atoms with Gasteiger partial charge in [0.1, 0.15) is 0 Å². The number of halogens is 1. The molecule has 1 aromatic carbocycles. The summed E-state index contributed by atoms with van der Waals surface area (Å²) in [7, 11) is 0. The Morgan fingerprint density at radius 1 is 1.26 bits per heavy atom. The quantitative estimate of drug-likeness (QED) is 0.795. The maximum Gasteiger partial charge on any atom is 0.254 e. The van der Waals surface area contributed by atoms with Gasteiger partial charge in [-0.25, -0.2) is 0 Å². The Kier molecular flexibility index (Phi) is 3.66. The summed E-state index contributed by atoms with van der Waals surface area (Å²) in [6.07, 6.45) is 6.64. The van der Waals surface area contributed by atoms with Crippen LogP contribution in [0.1, 0.15) is 53.6 Å². The van der Waals surface area contributed by atoms with Crippen molar-refractivity contribution in [2.24, 2.45) is 5.92 Å². The van der Waals surface area contributed by atoms with Crippen LogP contribution in [0.5, 0.6) is 0 Å². The molecule has 3 heteroatoms. The van der Waals surface area contributed by atoms with Crippen molar-refractivity contribution < 1.29 is 4.79 Å². The van der Waals surface area contributed by atoms with Gasteiger partial charge < -0.3 is 4.90 Å². The molecule has 3 rings (SSSR count). The summed E-state index contributed by atoms with van der Waals surface area (Å²) in [5.74, 6) is 0.960. The normalized spacial score (nSPS) is 19.9. The summed E-state index contributed by atoms with van der Waals surface area (Å²) in [4.78, 5) is 14.6. The molecular weight excluding hydrogens is 302 g/mol. The average Bonchev–Trinajstić information content (AvgIpc) is 2.67. The third-order valence-corrected chi connectivity index (χ3v) is 4.91. The third kappa shape index (κ3) is 2.58. The van der Waals surface area contributed by atoms with Gasteiger partial charge in [-0.2, -0.15) is 0 Å². The lowest BCUT2D eigenvalue weighted by Gasteiger charge is -2.26. The molecule has 1 fully saturated rings. The topological polar surface area (TPSA) is 20.3 Å². The smallest absolute Gasteiger partial charge is 0.254 e. The number of carbonyl (C=O) groups is 1. The van der Waals surface area contributed by atoms with Crippen molar-refractivity contribution in [3.8, 4) is 0 Å². The molecule has 0 aromatic heterocycles. The molecule has 1 saturated carbocycles. The lowest BCUT2D eigenvalue weighted by Crippen LogP contribution is -2.31. The fourth-order valence-corrected chi connectivity index (χ4v) is 4.13. The van der Waals surface area contributed by atoms with Gasteiger partial charge in [0.05, 0.1) is 0 Å². The number of benzene rings is 1. The molecular formula is C16H20BrNO. The molecule has 0 spiro atoms. The van der Waals surface area contributed by atoms with Crippen LogP contribution in [-0.2, 0) is 6.54 Å². The molecule has 1 amide bonds. The largest absolute Gasteiger partial charge is 0.334 e. The van der Waals surface area contributed by atoms with E-state index in [4.69, 9.17) is 0 Å². The molecule has 1 aliphatic heterocycles. The predicted molar refractivity (Wildman–Crippen MR) is 80.2 cm³/mol. The molecule has 2 nitrogen and oxygen atoms in total. The minimum atomic E-state index is 0.241. The van der Waals surface area contributed by atoms with Gasteiger partial charge in [0.15, 0.2) is 0 Å². The van der Waals surface area contributed by atoms with E-state index < -0.39 is 0 Å². The van der Waals surface area contributed by atoms with Crippen molar-refractivity contribution in [1.82, 2.24) is 4.90 Å². The van der Waals surface area contributed by atoms with Gasteiger partial charge in [0.2, 0.25) is 0 Å². The molecule has 2 aliphatic rings. The number of rotatable bonds is 2. The van der Waals surface area contributed by atoms with E-state index in [1.807, 2.05) is 13.0 Å². The Hall–Kier alpha value is -0.830. The second-order valence-corrected chi connectivity index (χ2v) is 6.86. The Balaban J connectivity index is 1.77. The number of fused-ring (bicyclic) bond motifs is 1. The minimum Gasteiger partial charge on any atom is -0.334 e. The van der Waals surface area contributed by atoms with E-state index in [2.05, 4.69) is 26.9 Å². The highest BCUT2D eigenvalue weighted by molar-refractivity contribution is 9.10. The first-order chi connectivity index (χ1) is 9.15. The summed E-state index contributed by atoms with van der Waals surface area (Å²) >= 11 is 3.52. The summed E-state index contributed by atoms with van der Waals surface area (Å²) in [6.45, 7) is 3.78. The van der Waals surface area contributed by atoms with E-state index in [9.17, 15) is 4.79 Å². The highest BCUT2D eigenvalue weighted by Gasteiger charge is 2.31. The van der Waals surface area contributed by atoms with Crippen molar-refractivity contribution in [1.29, 1.82) is 0 Å². The van der Waals surface area contributed by atoms with Crippen LogP contribution < -0.4 is 0 Å². The van der Waals surface area contributed by atoms with E-state index in [1.165, 1.54) is 37.7 Å². The monoisotopic (exact) mass is 321 g/mol. The van der Waals surface area contributed by atoms with Crippen LogP contribution in [-0.4, -0.2) is 17.4 Å². The van der Waals surface area contributed by atoms with Gasteiger partial charge in [-0.05, 0) is 48.9 Å². The maximum absolute atomic E-state index is 12.5. The number of hydrogen-bond acceptors (Lipinski definition) is 1. The highest BCUT2D eigenvalue weighted by Crippen LogP contribution is 2.32. The Bertz CT molecular complexity index is 506. The van der Waals surface area contributed by atoms with Crippen LogP contribution in [0.2, 0.25) is 0 Å². The second kappa shape index (κ2) is 5.28. The molecule has 0 N–H and O–H groups in total. The number of hydrogen-bond donors (Lipinski definition) is 0. The highest BCUT2D eigenvalue weighted by atomic mass is 79.9. The van der Waals surface area contributed by atoms with E-state index in [1.54, 1.807) is 0 Å². The summed E-state index contributed by atoms with van der Waals surface area (Å²) in [5, 5.41) is 0. The van der Waals surface area contributed by atoms with E-state index in [0.717, 1.165) is 34.6 Å². The first kappa shape index (κ1) is 13.2. The molecule has 0 unspecified atom stereocenters. The predicted octanol–water partition coefficient (Wildman–Crippen LogP) is 4.29. The minimum absolute atomic E-state index is 0.241. The molecule has 1 aromatic rings. The zero-order chi connectivity index (χ0) is 13.4. The van der Waals surface area contributed by atoms with E-state index >= 15 is 0 Å². The summed E-state index contributed by atoms with van der Waals surface area (Å²) in [6, 6.07) is 4.14. The molecule has 0 saturated heterocycles. The van der Waals surface area contributed by atoms with Crippen LogP contribution in [0.25, 0.3) is 0 Å². The zero-order valence-corrected chi connectivity index (χ0v) is 13.0. The average molecular weight is 322 g/mol. The van der Waals surface area contributed by atoms with Crippen LogP contribution in [0, 0.1) is 12.8 Å². The zero-order valence-electron chi connectivity index (χ0n) is 11.4. The molecule has 1 heterocycles. The number of nitrogens with zero attached hydrogens (tertiary/aromatic N) is 1. The number of carbonyl (C=O) groups excluding carboxylic acids is 1. The van der Waals surface area contributed by atoms with Gasteiger partial charge in [-0.3, -0.25) is 4.79 Å². The van der Waals surface area contributed by atoms with Crippen LogP contribution >= 0.6 is 15.9 Å². The number of aryl methyl sites for hydroxylation is 1. The first-order valence-corrected chi connectivity index (χ1v) is 8.03. The second-order valence-electron chi connectivity index (χ2n) is 5.95. The number of amides is 1. The Morgan fingerprint density at radius 2 is 2.00 bits per heavy atom. The van der Waals surface area contributed by atoms with Crippen LogP contribution in [0.4, 0.5) is 0 Å². The van der Waals surface area contributed by atoms with Crippen molar-refractivity contribution in [3.63, 3.8) is 0 Å². The van der Waals surface area contributed by atoms with Crippen molar-refractivity contribution >= 4 is 21.8 Å². The van der Waals surface area contributed by atoms with Gasteiger partial charge in [-0.1, -0.05) is 35.2 Å². The summed E-state index contributed by atoms with van der Waals surface area (Å²) < 4.78 is 1.08. The fourth-order valence-electron chi connectivity index (χ4n) is 3.51. The van der Waals surface area contributed by atoms with Crippen molar-refractivity contribution in [2.45, 2.75) is 45.6 Å². The lowest BCUT2D eigenvalue weighted by molar-refractivity contribution is 0.0737. The Labute approximate surface area is 123 Å². The lowest BCUT2D eigenvalue weighted by atomic mass is 9.89. The standard InChI is InChI=1S/C16H20BrNO/c1-11-7-14(17)8-13-10-18(16(19)15(11)13)9-12-5-3-2-4-6-12/h7-8,12H,2-6,9-10H2,1H3. The molecule has 1 aliphatic carbocycles. The molecule has 0 atom stereocenters. The third-order valence-electron chi connectivity index (χ3n) is 4.45. The SMILES string of the molecule is Cc1cc(Br)cc2c1C(=O)N(CC1CCCCC1)C2. The molecule has 19 heavy (non-hydrogen) atoms. The first-order valence-electron chi connectivity index (χ1n) is 7.23. The summed E-state index contributed by atoms with van der Waals surface area (Å²) in [5.41, 5.74) is 3.23. The molecule has 0 bridgehead atoms. The molecule has 0 radical (unpaired) electrons. The van der Waals surface area contributed by atoms with Crippen molar-refractivity contribution in [2.75, 3.05) is 6.54 Å². The van der Waals surface area contributed by atoms with Gasteiger partial charge in [0.25, 0.3) is 5.91 Å². The molecule has 102 valence electrons.